The Balaban J connectivity index is 2.27. The summed E-state index contributed by atoms with van der Waals surface area (Å²) in [5.41, 5.74) is -0.160. The molecule has 1 amide bonds. The molecular weight excluding hydrogens is 304 g/mol. The molecule has 1 saturated heterocycles. The van der Waals surface area contributed by atoms with Crippen LogP contribution < -0.4 is 0 Å². The molecular formula is C14H14ClF2NO3. The summed E-state index contributed by atoms with van der Waals surface area (Å²) >= 11 is 5.79. The fourth-order valence-electron chi connectivity index (χ4n) is 2.33. The third kappa shape index (κ3) is 3.15. The lowest BCUT2D eigenvalue weighted by atomic mass is 10.1. The fourth-order valence-corrected chi connectivity index (χ4v) is 2.57. The third-order valence-corrected chi connectivity index (χ3v) is 3.63. The van der Waals surface area contributed by atoms with Gasteiger partial charge in [-0.25, -0.2) is 13.6 Å². The molecule has 0 aromatic heterocycles. The first kappa shape index (κ1) is 15.7. The van der Waals surface area contributed by atoms with Crippen molar-refractivity contribution in [3.05, 3.63) is 34.4 Å². The predicted molar refractivity (Wildman–Crippen MR) is 72.1 cm³/mol. The first-order valence-corrected chi connectivity index (χ1v) is 6.95. The number of hydrogen-bond acceptors (Lipinski definition) is 3. The van der Waals surface area contributed by atoms with Gasteiger partial charge >= 0.3 is 5.97 Å². The molecule has 0 bridgehead atoms. The van der Waals surface area contributed by atoms with E-state index in [2.05, 4.69) is 0 Å². The minimum atomic E-state index is -1.16. The summed E-state index contributed by atoms with van der Waals surface area (Å²) in [6.07, 6.45) is 1.11. The van der Waals surface area contributed by atoms with E-state index in [9.17, 15) is 18.4 Å². The maximum absolute atomic E-state index is 13.3. The van der Waals surface area contributed by atoms with Crippen LogP contribution in [0.15, 0.2) is 12.1 Å². The van der Waals surface area contributed by atoms with Crippen LogP contribution in [0.1, 0.15) is 30.1 Å². The van der Waals surface area contributed by atoms with Gasteiger partial charge in [-0.2, -0.15) is 0 Å². The van der Waals surface area contributed by atoms with E-state index in [4.69, 9.17) is 16.3 Å². The summed E-state index contributed by atoms with van der Waals surface area (Å²) in [4.78, 5) is 25.5. The quantitative estimate of drug-likeness (QED) is 0.636. The largest absolute Gasteiger partial charge is 0.464 e. The molecule has 0 spiro atoms. The van der Waals surface area contributed by atoms with Crippen LogP contribution in [-0.4, -0.2) is 36.0 Å². The second-order valence-electron chi connectivity index (χ2n) is 4.65. The molecule has 4 nitrogen and oxygen atoms in total. The van der Waals surface area contributed by atoms with Crippen molar-refractivity contribution in [3.63, 3.8) is 0 Å². The minimum absolute atomic E-state index is 0.160. The molecule has 1 aliphatic rings. The Labute approximate surface area is 125 Å². The highest BCUT2D eigenvalue weighted by Gasteiger charge is 2.36. The highest BCUT2D eigenvalue weighted by atomic mass is 35.5. The molecule has 0 saturated carbocycles. The van der Waals surface area contributed by atoms with Gasteiger partial charge in [0.1, 0.15) is 6.04 Å². The number of nitrogens with zero attached hydrogens (tertiary/aromatic N) is 1. The van der Waals surface area contributed by atoms with Crippen molar-refractivity contribution >= 4 is 23.5 Å². The number of carbonyl (C=O) groups is 2. The lowest BCUT2D eigenvalue weighted by Crippen LogP contribution is -2.41. The monoisotopic (exact) mass is 317 g/mol. The smallest absolute Gasteiger partial charge is 0.328 e. The topological polar surface area (TPSA) is 46.6 Å². The summed E-state index contributed by atoms with van der Waals surface area (Å²) in [6.45, 7) is 2.23. The molecule has 114 valence electrons. The van der Waals surface area contributed by atoms with Crippen LogP contribution in [-0.2, 0) is 9.53 Å². The van der Waals surface area contributed by atoms with Crippen molar-refractivity contribution in [2.75, 3.05) is 13.2 Å². The molecule has 1 aromatic rings. The van der Waals surface area contributed by atoms with Gasteiger partial charge in [0, 0.05) is 6.54 Å². The van der Waals surface area contributed by atoms with E-state index in [0.717, 1.165) is 12.1 Å². The molecule has 1 aromatic carbocycles. The number of carbonyl (C=O) groups excluding carboxylic acids is 2. The van der Waals surface area contributed by atoms with E-state index in [1.807, 2.05) is 0 Å². The summed E-state index contributed by atoms with van der Waals surface area (Å²) in [5.74, 6) is -3.38. The van der Waals surface area contributed by atoms with Gasteiger partial charge in [0.05, 0.1) is 17.2 Å². The molecule has 0 aliphatic carbocycles. The Morgan fingerprint density at radius 1 is 1.38 bits per heavy atom. The van der Waals surface area contributed by atoms with Gasteiger partial charge in [0.25, 0.3) is 5.91 Å². The Hall–Kier alpha value is -1.69. The van der Waals surface area contributed by atoms with Crippen LogP contribution in [0.4, 0.5) is 8.78 Å². The van der Waals surface area contributed by atoms with Gasteiger partial charge in [0.2, 0.25) is 0 Å². The minimum Gasteiger partial charge on any atom is -0.464 e. The van der Waals surface area contributed by atoms with Crippen LogP contribution in [0, 0.1) is 11.6 Å². The van der Waals surface area contributed by atoms with Crippen LogP contribution >= 0.6 is 11.6 Å². The number of benzene rings is 1. The van der Waals surface area contributed by atoms with Crippen molar-refractivity contribution in [1.82, 2.24) is 4.90 Å². The average Bonchev–Trinajstić information content (AvgIpc) is 2.91. The molecule has 1 aliphatic heterocycles. The second kappa shape index (κ2) is 6.39. The van der Waals surface area contributed by atoms with Crippen molar-refractivity contribution in [2.45, 2.75) is 25.8 Å². The first-order chi connectivity index (χ1) is 9.95. The van der Waals surface area contributed by atoms with Crippen molar-refractivity contribution in [3.8, 4) is 0 Å². The van der Waals surface area contributed by atoms with E-state index in [0.29, 0.717) is 19.4 Å². The number of esters is 1. The summed E-state index contributed by atoms with van der Waals surface area (Å²) in [5, 5.41) is -0.187. The van der Waals surface area contributed by atoms with E-state index in [-0.39, 0.29) is 17.2 Å². The SMILES string of the molecule is CCOC(=O)C1CCCN1C(=O)c1cc(F)c(F)cc1Cl. The van der Waals surface area contributed by atoms with Gasteiger partial charge in [0.15, 0.2) is 11.6 Å². The molecule has 1 unspecified atom stereocenters. The van der Waals surface area contributed by atoms with Crippen LogP contribution in [0.3, 0.4) is 0 Å². The highest BCUT2D eigenvalue weighted by Crippen LogP contribution is 2.26. The van der Waals surface area contributed by atoms with Crippen LogP contribution in [0.2, 0.25) is 5.02 Å². The van der Waals surface area contributed by atoms with Gasteiger partial charge in [-0.15, -0.1) is 0 Å². The summed E-state index contributed by atoms with van der Waals surface area (Å²) in [7, 11) is 0. The average molecular weight is 318 g/mol. The second-order valence-corrected chi connectivity index (χ2v) is 5.06. The van der Waals surface area contributed by atoms with Crippen LogP contribution in [0.25, 0.3) is 0 Å². The van der Waals surface area contributed by atoms with Crippen LogP contribution in [0.5, 0.6) is 0 Å². The lowest BCUT2D eigenvalue weighted by molar-refractivity contribution is -0.147. The molecule has 1 fully saturated rings. The maximum Gasteiger partial charge on any atom is 0.328 e. The number of rotatable bonds is 3. The standard InChI is InChI=1S/C14H14ClF2NO3/c1-2-21-14(20)12-4-3-5-18(12)13(19)8-6-10(16)11(17)7-9(8)15/h6-7,12H,2-5H2,1H3. The zero-order valence-electron chi connectivity index (χ0n) is 11.4. The zero-order valence-corrected chi connectivity index (χ0v) is 12.1. The van der Waals surface area contributed by atoms with Gasteiger partial charge in [-0.3, -0.25) is 4.79 Å². The Morgan fingerprint density at radius 3 is 2.71 bits per heavy atom. The third-order valence-electron chi connectivity index (χ3n) is 3.31. The maximum atomic E-state index is 13.3. The number of amides is 1. The molecule has 0 N–H and O–H groups in total. The molecule has 7 heteroatoms. The van der Waals surface area contributed by atoms with E-state index < -0.39 is 29.6 Å². The van der Waals surface area contributed by atoms with Gasteiger partial charge < -0.3 is 9.64 Å². The lowest BCUT2D eigenvalue weighted by Gasteiger charge is -2.23. The molecule has 1 atom stereocenters. The number of halogens is 3. The van der Waals surface area contributed by atoms with Gasteiger partial charge in [-0.1, -0.05) is 11.6 Å². The Morgan fingerprint density at radius 2 is 2.05 bits per heavy atom. The normalized spacial score (nSPS) is 17.9. The van der Waals surface area contributed by atoms with E-state index >= 15 is 0 Å². The highest BCUT2D eigenvalue weighted by molar-refractivity contribution is 6.33. The fraction of sp³-hybridized carbons (Fsp3) is 0.429. The molecule has 21 heavy (non-hydrogen) atoms. The number of hydrogen-bond donors (Lipinski definition) is 0. The molecule has 2 rings (SSSR count). The molecule has 0 radical (unpaired) electrons. The molecule has 1 heterocycles. The van der Waals surface area contributed by atoms with Crippen molar-refractivity contribution < 1.29 is 23.1 Å². The van der Waals surface area contributed by atoms with Gasteiger partial charge in [-0.05, 0) is 31.9 Å². The summed E-state index contributed by atoms with van der Waals surface area (Å²) in [6, 6.07) is 0.793. The number of likely N-dealkylation sites (tertiary alicyclic amines) is 1. The van der Waals surface area contributed by atoms with E-state index in [1.165, 1.54) is 4.90 Å². The summed E-state index contributed by atoms with van der Waals surface area (Å²) < 4.78 is 31.2. The number of ether oxygens (including phenoxy) is 1. The zero-order chi connectivity index (χ0) is 15.6. The first-order valence-electron chi connectivity index (χ1n) is 6.57. The Kier molecular flexibility index (Phi) is 4.77. The van der Waals surface area contributed by atoms with Crippen molar-refractivity contribution in [1.29, 1.82) is 0 Å². The Bertz CT molecular complexity index is 580. The van der Waals surface area contributed by atoms with E-state index in [1.54, 1.807) is 6.92 Å². The predicted octanol–water partition coefficient (Wildman–Crippen LogP) is 2.79. The van der Waals surface area contributed by atoms with Crippen molar-refractivity contribution in [2.24, 2.45) is 0 Å².